The second-order valence-corrected chi connectivity index (χ2v) is 5.87. The molecule has 0 bridgehead atoms. The molecule has 0 amide bonds. The van der Waals surface area contributed by atoms with Crippen molar-refractivity contribution in [1.82, 2.24) is 0 Å². The summed E-state index contributed by atoms with van der Waals surface area (Å²) in [5, 5.41) is 10.6. The van der Waals surface area contributed by atoms with Crippen molar-refractivity contribution in [2.75, 3.05) is 6.54 Å². The predicted octanol–water partition coefficient (Wildman–Crippen LogP) is 3.81. The maximum Gasteiger partial charge on any atom is 0.129 e. The molecule has 2 rings (SSSR count). The normalized spacial score (nSPS) is 14.0. The zero-order chi connectivity index (χ0) is 15.6. The van der Waals surface area contributed by atoms with Crippen LogP contribution in [0.3, 0.4) is 0 Å². The van der Waals surface area contributed by atoms with Crippen LogP contribution in [0.15, 0.2) is 40.9 Å². The van der Waals surface area contributed by atoms with Crippen LogP contribution in [0.5, 0.6) is 0 Å². The Hall–Kier alpha value is -1.30. The molecular formula is C16H16BrF2NO. The quantitative estimate of drug-likeness (QED) is 0.875. The SMILES string of the molecule is Cc1ccc(Br)cc1C(O)C(CN)c1ccc(F)cc1F. The van der Waals surface area contributed by atoms with E-state index < -0.39 is 23.7 Å². The molecule has 5 heteroatoms. The molecule has 0 saturated carbocycles. The Morgan fingerprint density at radius 3 is 2.48 bits per heavy atom. The first kappa shape index (κ1) is 16.1. The van der Waals surface area contributed by atoms with Gasteiger partial charge in [0.2, 0.25) is 0 Å². The van der Waals surface area contributed by atoms with Crippen LogP contribution in [0.1, 0.15) is 28.7 Å². The highest BCUT2D eigenvalue weighted by Crippen LogP contribution is 2.34. The summed E-state index contributed by atoms with van der Waals surface area (Å²) >= 11 is 3.35. The van der Waals surface area contributed by atoms with E-state index in [1.165, 1.54) is 12.1 Å². The summed E-state index contributed by atoms with van der Waals surface area (Å²) in [6, 6.07) is 8.81. The Bertz CT molecular complexity index is 648. The minimum absolute atomic E-state index is 0.0513. The van der Waals surface area contributed by atoms with Crippen LogP contribution in [0.25, 0.3) is 0 Å². The van der Waals surface area contributed by atoms with Crippen molar-refractivity contribution >= 4 is 15.9 Å². The number of nitrogens with two attached hydrogens (primary N) is 1. The predicted molar refractivity (Wildman–Crippen MR) is 82.0 cm³/mol. The smallest absolute Gasteiger partial charge is 0.129 e. The molecule has 0 fully saturated rings. The van der Waals surface area contributed by atoms with Crippen LogP contribution in [0.2, 0.25) is 0 Å². The number of aliphatic hydroxyl groups excluding tert-OH is 1. The first-order chi connectivity index (χ1) is 9.93. The third kappa shape index (κ3) is 3.48. The Balaban J connectivity index is 2.43. The molecule has 0 heterocycles. The van der Waals surface area contributed by atoms with Crippen LogP contribution in [0, 0.1) is 18.6 Å². The average Bonchev–Trinajstić information content (AvgIpc) is 2.44. The van der Waals surface area contributed by atoms with Crippen LogP contribution in [0.4, 0.5) is 8.78 Å². The van der Waals surface area contributed by atoms with Gasteiger partial charge in [0.05, 0.1) is 6.10 Å². The largest absolute Gasteiger partial charge is 0.388 e. The van der Waals surface area contributed by atoms with Crippen molar-refractivity contribution in [2.24, 2.45) is 5.73 Å². The van der Waals surface area contributed by atoms with Crippen molar-refractivity contribution in [3.63, 3.8) is 0 Å². The zero-order valence-electron chi connectivity index (χ0n) is 11.5. The van der Waals surface area contributed by atoms with Crippen LogP contribution < -0.4 is 5.73 Å². The zero-order valence-corrected chi connectivity index (χ0v) is 13.1. The van der Waals surface area contributed by atoms with Gasteiger partial charge in [-0.15, -0.1) is 0 Å². The van der Waals surface area contributed by atoms with Crippen molar-refractivity contribution < 1.29 is 13.9 Å². The van der Waals surface area contributed by atoms with Gasteiger partial charge in [-0.05, 0) is 41.8 Å². The van der Waals surface area contributed by atoms with Gasteiger partial charge in [0.1, 0.15) is 11.6 Å². The lowest BCUT2D eigenvalue weighted by atomic mass is 9.87. The van der Waals surface area contributed by atoms with Gasteiger partial charge in [0.15, 0.2) is 0 Å². The second kappa shape index (κ2) is 6.64. The number of halogens is 3. The molecule has 112 valence electrons. The van der Waals surface area contributed by atoms with E-state index in [-0.39, 0.29) is 12.1 Å². The summed E-state index contributed by atoms with van der Waals surface area (Å²) < 4.78 is 27.8. The molecule has 2 atom stereocenters. The lowest BCUT2D eigenvalue weighted by Crippen LogP contribution is -2.22. The molecule has 2 unspecified atom stereocenters. The van der Waals surface area contributed by atoms with Crippen molar-refractivity contribution in [2.45, 2.75) is 18.9 Å². The van der Waals surface area contributed by atoms with E-state index in [1.54, 1.807) is 6.07 Å². The highest BCUT2D eigenvalue weighted by atomic mass is 79.9. The van der Waals surface area contributed by atoms with Gasteiger partial charge in [-0.25, -0.2) is 8.78 Å². The van der Waals surface area contributed by atoms with Gasteiger partial charge in [0, 0.05) is 23.0 Å². The first-order valence-corrected chi connectivity index (χ1v) is 7.32. The van der Waals surface area contributed by atoms with Crippen LogP contribution in [-0.4, -0.2) is 11.7 Å². The molecule has 0 saturated heterocycles. The summed E-state index contributed by atoms with van der Waals surface area (Å²) in [7, 11) is 0. The Morgan fingerprint density at radius 2 is 1.86 bits per heavy atom. The Kier molecular flexibility index (Phi) is 5.08. The summed E-state index contributed by atoms with van der Waals surface area (Å²) in [5.74, 6) is -1.99. The Morgan fingerprint density at radius 1 is 1.14 bits per heavy atom. The standard InChI is InChI=1S/C16H16BrF2NO/c1-9-2-3-10(17)6-13(9)16(21)14(8-20)12-5-4-11(18)7-15(12)19/h2-7,14,16,21H,8,20H2,1H3. The van der Waals surface area contributed by atoms with E-state index in [0.29, 0.717) is 5.56 Å². The van der Waals surface area contributed by atoms with Gasteiger partial charge < -0.3 is 10.8 Å². The number of rotatable bonds is 4. The molecule has 2 aromatic carbocycles. The van der Waals surface area contributed by atoms with Crippen LogP contribution >= 0.6 is 15.9 Å². The first-order valence-electron chi connectivity index (χ1n) is 6.53. The van der Waals surface area contributed by atoms with Crippen molar-refractivity contribution in [1.29, 1.82) is 0 Å². The third-order valence-corrected chi connectivity index (χ3v) is 4.05. The fraction of sp³-hybridized carbons (Fsp3) is 0.250. The van der Waals surface area contributed by atoms with Crippen LogP contribution in [-0.2, 0) is 0 Å². The van der Waals surface area contributed by atoms with Crippen molar-refractivity contribution in [3.8, 4) is 0 Å². The third-order valence-electron chi connectivity index (χ3n) is 3.56. The molecule has 2 nitrogen and oxygen atoms in total. The van der Waals surface area contributed by atoms with E-state index in [2.05, 4.69) is 15.9 Å². The number of hydrogen-bond acceptors (Lipinski definition) is 2. The highest BCUT2D eigenvalue weighted by molar-refractivity contribution is 9.10. The summed E-state index contributed by atoms with van der Waals surface area (Å²) in [6.07, 6.45) is -0.965. The van der Waals surface area contributed by atoms with Gasteiger partial charge in [-0.2, -0.15) is 0 Å². The number of aryl methyl sites for hydroxylation is 1. The average molecular weight is 356 g/mol. The lowest BCUT2D eigenvalue weighted by Gasteiger charge is -2.24. The molecule has 0 radical (unpaired) electrons. The fourth-order valence-electron chi connectivity index (χ4n) is 2.37. The van der Waals surface area contributed by atoms with Gasteiger partial charge >= 0.3 is 0 Å². The second-order valence-electron chi connectivity index (χ2n) is 4.95. The molecule has 0 aliphatic rings. The summed E-state index contributed by atoms with van der Waals surface area (Å²) in [5.41, 5.74) is 7.47. The summed E-state index contributed by atoms with van der Waals surface area (Å²) in [4.78, 5) is 0. The molecule has 3 N–H and O–H groups in total. The van der Waals surface area contributed by atoms with E-state index in [4.69, 9.17) is 5.73 Å². The van der Waals surface area contributed by atoms with Gasteiger partial charge in [-0.1, -0.05) is 28.1 Å². The maximum atomic E-state index is 13.9. The highest BCUT2D eigenvalue weighted by Gasteiger charge is 2.25. The molecule has 0 aliphatic heterocycles. The minimum Gasteiger partial charge on any atom is -0.388 e. The Labute approximate surface area is 130 Å². The fourth-order valence-corrected chi connectivity index (χ4v) is 2.75. The molecule has 0 spiro atoms. The van der Waals surface area contributed by atoms with Gasteiger partial charge in [-0.3, -0.25) is 0 Å². The topological polar surface area (TPSA) is 46.2 Å². The number of aliphatic hydroxyl groups is 1. The van der Waals surface area contributed by atoms with Crippen molar-refractivity contribution in [3.05, 3.63) is 69.2 Å². The molecule has 0 aliphatic carbocycles. The van der Waals surface area contributed by atoms with E-state index in [0.717, 1.165) is 16.1 Å². The number of hydrogen-bond donors (Lipinski definition) is 2. The van der Waals surface area contributed by atoms with E-state index in [9.17, 15) is 13.9 Å². The molecule has 0 aromatic heterocycles. The monoisotopic (exact) mass is 355 g/mol. The minimum atomic E-state index is -0.965. The van der Waals surface area contributed by atoms with E-state index in [1.807, 2.05) is 19.1 Å². The molecule has 2 aromatic rings. The lowest BCUT2D eigenvalue weighted by molar-refractivity contribution is 0.145. The number of benzene rings is 2. The summed E-state index contributed by atoms with van der Waals surface area (Å²) in [6.45, 7) is 1.91. The molecule has 21 heavy (non-hydrogen) atoms. The van der Waals surface area contributed by atoms with E-state index >= 15 is 0 Å². The maximum absolute atomic E-state index is 13.9. The molecular weight excluding hydrogens is 340 g/mol. The van der Waals surface area contributed by atoms with Gasteiger partial charge in [0.25, 0.3) is 0 Å².